The molecule has 0 unspecified atom stereocenters. The molecule has 0 aliphatic rings. The van der Waals surface area contributed by atoms with Crippen molar-refractivity contribution in [2.24, 2.45) is 0 Å². The fourth-order valence-corrected chi connectivity index (χ4v) is 1.54. The molecule has 0 saturated carbocycles. The van der Waals surface area contributed by atoms with E-state index in [2.05, 4.69) is 11.8 Å². The summed E-state index contributed by atoms with van der Waals surface area (Å²) in [5.41, 5.74) is 0.472. The van der Waals surface area contributed by atoms with Crippen molar-refractivity contribution in [1.29, 1.82) is 0 Å². The van der Waals surface area contributed by atoms with E-state index in [9.17, 15) is 14.9 Å². The van der Waals surface area contributed by atoms with E-state index in [1.165, 1.54) is 18.2 Å². The topological polar surface area (TPSA) is 60.2 Å². The van der Waals surface area contributed by atoms with E-state index in [1.54, 1.807) is 30.3 Å². The number of carbonyl (C=O) groups excluding carboxylic acids is 1. The van der Waals surface area contributed by atoms with Crippen LogP contribution >= 0.6 is 0 Å². The molecule has 0 amide bonds. The predicted molar refractivity (Wildman–Crippen MR) is 70.7 cm³/mol. The lowest BCUT2D eigenvalue weighted by molar-refractivity contribution is -0.385. The number of nitrogens with zero attached hydrogens (tertiary/aromatic N) is 1. The van der Waals surface area contributed by atoms with Gasteiger partial charge in [-0.05, 0) is 24.1 Å². The molecule has 2 aromatic rings. The Hall–Kier alpha value is -2.93. The molecule has 4 nitrogen and oxygen atoms in total. The summed E-state index contributed by atoms with van der Waals surface area (Å²) in [7, 11) is 0. The van der Waals surface area contributed by atoms with Gasteiger partial charge >= 0.3 is 0 Å². The molecule has 0 radical (unpaired) electrons. The van der Waals surface area contributed by atoms with Crippen LogP contribution in [0.3, 0.4) is 0 Å². The number of carbonyl (C=O) groups is 1. The van der Waals surface area contributed by atoms with Gasteiger partial charge < -0.3 is 0 Å². The van der Waals surface area contributed by atoms with Gasteiger partial charge in [-0.25, -0.2) is 0 Å². The van der Waals surface area contributed by atoms with Crippen molar-refractivity contribution in [1.82, 2.24) is 0 Å². The first-order valence-corrected chi connectivity index (χ1v) is 5.53. The minimum Gasteiger partial charge on any atom is -0.279 e. The number of Topliss-reactive ketones (excluding diaryl/α,β-unsaturated/α-hetero) is 1. The van der Waals surface area contributed by atoms with E-state index in [-0.39, 0.29) is 11.3 Å². The third-order valence-electron chi connectivity index (χ3n) is 2.44. The molecule has 0 fully saturated rings. The molecular formula is C15H9NO3. The van der Waals surface area contributed by atoms with E-state index in [0.717, 1.165) is 0 Å². The molecular weight excluding hydrogens is 242 g/mol. The van der Waals surface area contributed by atoms with Crippen LogP contribution in [0.15, 0.2) is 54.6 Å². The minimum absolute atomic E-state index is 0.0101. The molecule has 0 aliphatic heterocycles. The fraction of sp³-hybridized carbons (Fsp3) is 0. The van der Waals surface area contributed by atoms with Crippen molar-refractivity contribution in [2.45, 2.75) is 0 Å². The van der Waals surface area contributed by atoms with Crippen molar-refractivity contribution in [2.75, 3.05) is 0 Å². The normalized spacial score (nSPS) is 9.26. The molecule has 0 atom stereocenters. The van der Waals surface area contributed by atoms with Gasteiger partial charge in [0.2, 0.25) is 5.78 Å². The highest BCUT2D eigenvalue weighted by molar-refractivity contribution is 6.11. The summed E-state index contributed by atoms with van der Waals surface area (Å²) in [5, 5.41) is 10.8. The van der Waals surface area contributed by atoms with Gasteiger partial charge in [0.15, 0.2) is 0 Å². The Balaban J connectivity index is 2.32. The largest absolute Gasteiger partial charge is 0.281 e. The number of hydrogen-bond acceptors (Lipinski definition) is 3. The second-order valence-corrected chi connectivity index (χ2v) is 3.72. The molecule has 0 aromatic heterocycles. The zero-order chi connectivity index (χ0) is 13.7. The number of nitro groups is 1. The van der Waals surface area contributed by atoms with Gasteiger partial charge in [-0.1, -0.05) is 36.3 Å². The van der Waals surface area contributed by atoms with Crippen LogP contribution in [0.1, 0.15) is 15.9 Å². The van der Waals surface area contributed by atoms with Gasteiger partial charge in [-0.3, -0.25) is 14.9 Å². The number of rotatable bonds is 2. The summed E-state index contributed by atoms with van der Waals surface area (Å²) in [6, 6.07) is 14.8. The van der Waals surface area contributed by atoms with Crippen LogP contribution in [0.5, 0.6) is 0 Å². The highest BCUT2D eigenvalue weighted by Gasteiger charge is 2.17. The van der Waals surface area contributed by atoms with Crippen molar-refractivity contribution in [3.8, 4) is 11.8 Å². The quantitative estimate of drug-likeness (QED) is 0.357. The Kier molecular flexibility index (Phi) is 3.70. The molecule has 2 rings (SSSR count). The SMILES string of the molecule is O=C(C#Cc1ccccc1)c1ccccc1[N+](=O)[O-]. The Morgan fingerprint density at radius 2 is 1.63 bits per heavy atom. The Bertz CT molecular complexity index is 681. The van der Waals surface area contributed by atoms with Crippen LogP contribution in [0.4, 0.5) is 5.69 Å². The molecule has 4 heteroatoms. The van der Waals surface area contributed by atoms with Crippen molar-refractivity contribution >= 4 is 11.5 Å². The van der Waals surface area contributed by atoms with Gasteiger partial charge in [-0.15, -0.1) is 0 Å². The van der Waals surface area contributed by atoms with Crippen LogP contribution < -0.4 is 0 Å². The zero-order valence-electron chi connectivity index (χ0n) is 9.87. The number of ketones is 1. The average molecular weight is 251 g/mol. The first-order chi connectivity index (χ1) is 9.18. The minimum atomic E-state index is -0.586. The first-order valence-electron chi connectivity index (χ1n) is 5.53. The number of benzene rings is 2. The summed E-state index contributed by atoms with van der Waals surface area (Å²) in [6.45, 7) is 0. The molecule has 0 bridgehead atoms. The number of hydrogen-bond donors (Lipinski definition) is 0. The maximum atomic E-state index is 11.9. The van der Waals surface area contributed by atoms with Crippen LogP contribution in [0.25, 0.3) is 0 Å². The number of nitro benzene ring substituents is 1. The molecule has 0 heterocycles. The molecule has 0 aliphatic carbocycles. The predicted octanol–water partition coefficient (Wildman–Crippen LogP) is 2.83. The lowest BCUT2D eigenvalue weighted by Gasteiger charge is -1.96. The highest BCUT2D eigenvalue weighted by Crippen LogP contribution is 2.17. The van der Waals surface area contributed by atoms with Gasteiger partial charge in [0.05, 0.1) is 4.92 Å². The molecule has 2 aromatic carbocycles. The van der Waals surface area contributed by atoms with E-state index in [4.69, 9.17) is 0 Å². The summed E-state index contributed by atoms with van der Waals surface area (Å²) in [5.74, 6) is 4.54. The van der Waals surface area contributed by atoms with Crippen LogP contribution in [0.2, 0.25) is 0 Å². The van der Waals surface area contributed by atoms with E-state index >= 15 is 0 Å². The van der Waals surface area contributed by atoms with Crippen molar-refractivity contribution < 1.29 is 9.72 Å². The Morgan fingerprint density at radius 1 is 1.00 bits per heavy atom. The van der Waals surface area contributed by atoms with Crippen LogP contribution in [0, 0.1) is 22.0 Å². The number of para-hydroxylation sites is 1. The highest BCUT2D eigenvalue weighted by atomic mass is 16.6. The van der Waals surface area contributed by atoms with E-state index < -0.39 is 10.7 Å². The van der Waals surface area contributed by atoms with Gasteiger partial charge in [-0.2, -0.15) is 0 Å². The first kappa shape index (κ1) is 12.5. The third kappa shape index (κ3) is 3.05. The fourth-order valence-electron chi connectivity index (χ4n) is 1.54. The Labute approximate surface area is 109 Å². The maximum Gasteiger partial charge on any atom is 0.281 e. The lowest BCUT2D eigenvalue weighted by atomic mass is 10.1. The summed E-state index contributed by atoms with van der Waals surface area (Å²) in [6.07, 6.45) is 0. The molecule has 0 spiro atoms. The smallest absolute Gasteiger partial charge is 0.279 e. The van der Waals surface area contributed by atoms with Crippen LogP contribution in [-0.2, 0) is 0 Å². The molecule has 19 heavy (non-hydrogen) atoms. The molecule has 92 valence electrons. The van der Waals surface area contributed by atoms with Crippen molar-refractivity contribution in [3.05, 3.63) is 75.8 Å². The van der Waals surface area contributed by atoms with E-state index in [0.29, 0.717) is 5.56 Å². The average Bonchev–Trinajstić information content (AvgIpc) is 2.46. The zero-order valence-corrected chi connectivity index (χ0v) is 9.87. The summed E-state index contributed by atoms with van der Waals surface area (Å²) >= 11 is 0. The standard InChI is InChI=1S/C15H9NO3/c17-15(11-10-12-6-2-1-3-7-12)13-8-4-5-9-14(13)16(18)19/h1-9H. The summed E-state index contributed by atoms with van der Waals surface area (Å²) < 4.78 is 0. The Morgan fingerprint density at radius 3 is 2.32 bits per heavy atom. The van der Waals surface area contributed by atoms with Gasteiger partial charge in [0.25, 0.3) is 5.69 Å². The summed E-state index contributed by atoms with van der Waals surface area (Å²) in [4.78, 5) is 22.1. The second kappa shape index (κ2) is 5.61. The maximum absolute atomic E-state index is 11.9. The van der Waals surface area contributed by atoms with E-state index in [1.807, 2.05) is 6.07 Å². The monoisotopic (exact) mass is 251 g/mol. The van der Waals surface area contributed by atoms with Crippen molar-refractivity contribution in [3.63, 3.8) is 0 Å². The van der Waals surface area contributed by atoms with Gasteiger partial charge in [0.1, 0.15) is 5.56 Å². The molecule has 0 saturated heterocycles. The van der Waals surface area contributed by atoms with Crippen LogP contribution in [-0.4, -0.2) is 10.7 Å². The third-order valence-corrected chi connectivity index (χ3v) is 2.44. The molecule has 0 N–H and O–H groups in total. The lowest BCUT2D eigenvalue weighted by Crippen LogP contribution is -2.01. The van der Waals surface area contributed by atoms with Gasteiger partial charge in [0, 0.05) is 11.6 Å². The second-order valence-electron chi connectivity index (χ2n) is 3.72.